The van der Waals surface area contributed by atoms with E-state index >= 15 is 0 Å². The van der Waals surface area contributed by atoms with Gasteiger partial charge in [-0.3, -0.25) is 0 Å². The lowest BCUT2D eigenvalue weighted by molar-refractivity contribution is -0.201. The molecule has 0 saturated heterocycles. The first-order valence-corrected chi connectivity index (χ1v) is 7.35. The van der Waals surface area contributed by atoms with Gasteiger partial charge in [0.1, 0.15) is 0 Å². The van der Waals surface area contributed by atoms with Crippen LogP contribution in [0.25, 0.3) is 0 Å². The molecule has 0 aromatic carbocycles. The summed E-state index contributed by atoms with van der Waals surface area (Å²) < 4.78 is 24.0. The second kappa shape index (κ2) is 8.06. The summed E-state index contributed by atoms with van der Waals surface area (Å²) in [4.78, 5) is 0. The Morgan fingerprint density at radius 3 is 2.14 bits per heavy atom. The van der Waals surface area contributed by atoms with Crippen LogP contribution in [0.4, 0.5) is 4.39 Å². The fourth-order valence-corrected chi connectivity index (χ4v) is 1.59. The van der Waals surface area contributed by atoms with Crippen LogP contribution in [0.1, 0.15) is 48.5 Å². The molecule has 0 spiro atoms. The van der Waals surface area contributed by atoms with Gasteiger partial charge in [0.25, 0.3) is 0 Å². The molecule has 0 aromatic heterocycles. The van der Waals surface area contributed by atoms with Gasteiger partial charge in [0.05, 0.1) is 18.8 Å². The number of hydrogen-bond donors (Lipinski definition) is 1. The van der Waals surface area contributed by atoms with Gasteiger partial charge >= 0.3 is 0 Å². The Morgan fingerprint density at radius 1 is 1.29 bits per heavy atom. The number of alkyl halides is 1. The maximum atomic E-state index is 13.8. The second-order valence-electron chi connectivity index (χ2n) is 7.32. The summed E-state index contributed by atoms with van der Waals surface area (Å²) in [7, 11) is 0. The van der Waals surface area contributed by atoms with Crippen LogP contribution in [-0.4, -0.2) is 46.5 Å². The van der Waals surface area contributed by atoms with E-state index in [4.69, 9.17) is 4.74 Å². The molecule has 0 heterocycles. The Morgan fingerprint density at radius 2 is 1.81 bits per heavy atom. The highest BCUT2D eigenvalue weighted by Gasteiger charge is 2.28. The predicted octanol–water partition coefficient (Wildman–Crippen LogP) is 3.33. The zero-order chi connectivity index (χ0) is 16.8. The first kappa shape index (κ1) is 20.3. The van der Waals surface area contributed by atoms with Crippen molar-refractivity contribution >= 4 is 0 Å². The smallest absolute Gasteiger partial charge is 0.206 e. The maximum Gasteiger partial charge on any atom is 0.206 e. The number of ether oxygens (including phenoxy) is 2. The highest BCUT2D eigenvalue weighted by Crippen LogP contribution is 2.19. The summed E-state index contributed by atoms with van der Waals surface area (Å²) >= 11 is 0. The molecule has 21 heavy (non-hydrogen) atoms. The van der Waals surface area contributed by atoms with E-state index in [1.807, 2.05) is 41.5 Å². The molecule has 0 rings (SSSR count). The molecule has 0 radical (unpaired) electrons. The third-order valence-electron chi connectivity index (χ3n) is 2.68. The van der Waals surface area contributed by atoms with Gasteiger partial charge in [-0.2, -0.15) is 0 Å². The molecule has 2 atom stereocenters. The first-order chi connectivity index (χ1) is 9.35. The van der Waals surface area contributed by atoms with Crippen molar-refractivity contribution in [3.8, 4) is 0 Å². The fraction of sp³-hybridized carbons (Fsp3) is 0.765. The zero-order valence-electron chi connectivity index (χ0n) is 14.5. The largest absolute Gasteiger partial charge is 0.422 e. The molecule has 0 bridgehead atoms. The van der Waals surface area contributed by atoms with Gasteiger partial charge in [-0.15, -0.1) is 0 Å². The summed E-state index contributed by atoms with van der Waals surface area (Å²) in [5, 5.41) is 9.30. The molecule has 0 fully saturated rings. The summed E-state index contributed by atoms with van der Waals surface area (Å²) in [6.45, 7) is 17.0. The van der Waals surface area contributed by atoms with Crippen molar-refractivity contribution in [2.75, 3.05) is 13.2 Å². The summed E-state index contributed by atoms with van der Waals surface area (Å²) in [5.74, 6) is 0. The van der Waals surface area contributed by atoms with Gasteiger partial charge in [-0.1, -0.05) is 6.58 Å². The average Bonchev–Trinajstić information content (AvgIpc) is 2.29. The molecule has 3 nitrogen and oxygen atoms in total. The number of aliphatic hydroxyl groups is 3. The van der Waals surface area contributed by atoms with E-state index in [-0.39, 0.29) is 24.4 Å². The monoisotopic (exact) mass is 303 g/mol. The lowest BCUT2D eigenvalue weighted by Crippen LogP contribution is -2.36. The van der Waals surface area contributed by atoms with Crippen LogP contribution >= 0.6 is 0 Å². The highest BCUT2D eigenvalue weighted by molar-refractivity contribution is 5.30. The SMILES string of the molecule is C=C(CO)/C(=C/C([OH+]C(C)(C)C)[C@H](C)F)COC(C)(C)C. The summed E-state index contributed by atoms with van der Waals surface area (Å²) in [6, 6.07) is 0. The summed E-state index contributed by atoms with van der Waals surface area (Å²) in [6.07, 6.45) is 0.0347. The molecular formula is C17H32FO3+. The van der Waals surface area contributed by atoms with Crippen LogP contribution in [-0.2, 0) is 4.74 Å². The lowest BCUT2D eigenvalue weighted by Gasteiger charge is -2.25. The number of halogens is 1. The topological polar surface area (TPSA) is 42.3 Å². The molecule has 2 N–H and O–H groups in total. The Balaban J connectivity index is 5.20. The molecule has 4 heteroatoms. The standard InChI is InChI=1S/C17H31FO3/c1-12(10-19)14(11-20-16(3,4)5)9-15(13(2)18)21-17(6,7)8/h9,13,15,19H,1,10-11H2,2-8H3/p+1/b14-9+/t13-,15?/m0/s1. The van der Waals surface area contributed by atoms with Gasteiger partial charge in [0.2, 0.25) is 6.10 Å². The van der Waals surface area contributed by atoms with Crippen LogP contribution in [0, 0.1) is 0 Å². The second-order valence-corrected chi connectivity index (χ2v) is 7.32. The highest BCUT2D eigenvalue weighted by atomic mass is 19.1. The Hall–Kier alpha value is -0.710. The van der Waals surface area contributed by atoms with Crippen molar-refractivity contribution in [3.05, 3.63) is 23.8 Å². The van der Waals surface area contributed by atoms with E-state index in [9.17, 15) is 9.50 Å². The minimum atomic E-state index is -1.11. The van der Waals surface area contributed by atoms with Crippen LogP contribution < -0.4 is 0 Å². The lowest BCUT2D eigenvalue weighted by atomic mass is 10.0. The van der Waals surface area contributed by atoms with Gasteiger partial charge in [-0.25, -0.2) is 4.39 Å². The number of hydrogen-bond acceptors (Lipinski definition) is 2. The van der Waals surface area contributed by atoms with Crippen molar-refractivity contribution in [1.82, 2.24) is 0 Å². The van der Waals surface area contributed by atoms with Crippen LogP contribution in [0.2, 0.25) is 0 Å². The fourth-order valence-electron chi connectivity index (χ4n) is 1.59. The van der Waals surface area contributed by atoms with Crippen LogP contribution in [0.3, 0.4) is 0 Å². The number of rotatable bonds is 7. The molecule has 1 unspecified atom stereocenters. The molecule has 0 aliphatic rings. The van der Waals surface area contributed by atoms with E-state index in [1.165, 1.54) is 6.92 Å². The molecular weight excluding hydrogens is 271 g/mol. The molecule has 0 amide bonds. The minimum Gasteiger partial charge on any atom is -0.422 e. The quantitative estimate of drug-likeness (QED) is 0.579. The van der Waals surface area contributed by atoms with E-state index < -0.39 is 12.3 Å². The van der Waals surface area contributed by atoms with Crippen molar-refractivity contribution in [1.29, 1.82) is 0 Å². The Bertz CT molecular complexity index is 359. The molecule has 0 aliphatic carbocycles. The average molecular weight is 303 g/mol. The van der Waals surface area contributed by atoms with E-state index in [2.05, 4.69) is 11.3 Å². The van der Waals surface area contributed by atoms with Crippen molar-refractivity contribution < 1.29 is 19.0 Å². The van der Waals surface area contributed by atoms with Gasteiger partial charge in [0.15, 0.2) is 11.8 Å². The molecule has 0 aliphatic heterocycles. The van der Waals surface area contributed by atoms with Crippen LogP contribution in [0.15, 0.2) is 23.8 Å². The van der Waals surface area contributed by atoms with Crippen LogP contribution in [0.5, 0.6) is 0 Å². The van der Waals surface area contributed by atoms with E-state index in [0.717, 1.165) is 0 Å². The third kappa shape index (κ3) is 9.77. The van der Waals surface area contributed by atoms with Gasteiger partial charge < -0.3 is 14.6 Å². The first-order valence-electron chi connectivity index (χ1n) is 7.35. The van der Waals surface area contributed by atoms with Gasteiger partial charge in [0, 0.05) is 26.8 Å². The van der Waals surface area contributed by atoms with E-state index in [1.54, 1.807) is 6.08 Å². The molecule has 124 valence electrons. The minimum absolute atomic E-state index is 0.178. The normalized spacial score (nSPS) is 16.7. The van der Waals surface area contributed by atoms with Crippen molar-refractivity contribution in [2.45, 2.75) is 71.9 Å². The Kier molecular flexibility index (Phi) is 7.79. The predicted molar refractivity (Wildman–Crippen MR) is 86.3 cm³/mol. The van der Waals surface area contributed by atoms with Crippen molar-refractivity contribution in [3.63, 3.8) is 0 Å². The summed E-state index contributed by atoms with van der Waals surface area (Å²) in [5.41, 5.74) is 0.592. The van der Waals surface area contributed by atoms with Crippen molar-refractivity contribution in [2.24, 2.45) is 0 Å². The molecule has 0 aromatic rings. The molecule has 0 saturated carbocycles. The zero-order valence-corrected chi connectivity index (χ0v) is 14.5. The maximum absolute atomic E-state index is 13.8. The van der Waals surface area contributed by atoms with E-state index in [0.29, 0.717) is 11.1 Å². The third-order valence-corrected chi connectivity index (χ3v) is 2.68. The number of aliphatic hydroxyl groups excluding tert-OH is 1. The van der Waals surface area contributed by atoms with Gasteiger partial charge in [-0.05, 0) is 38.8 Å². The Labute approximate surface area is 128 Å².